The lowest BCUT2D eigenvalue weighted by Gasteiger charge is -2.19. The second kappa shape index (κ2) is 8.58. The predicted molar refractivity (Wildman–Crippen MR) is 90.7 cm³/mol. The Labute approximate surface area is 141 Å². The van der Waals surface area contributed by atoms with E-state index in [9.17, 15) is 9.59 Å². The largest absolute Gasteiger partial charge is 0.481 e. The van der Waals surface area contributed by atoms with Gasteiger partial charge in [0.2, 0.25) is 0 Å². The fourth-order valence-electron chi connectivity index (χ4n) is 1.76. The van der Waals surface area contributed by atoms with Gasteiger partial charge in [0.15, 0.2) is 0 Å². The zero-order chi connectivity index (χ0) is 17.5. The van der Waals surface area contributed by atoms with E-state index in [1.165, 1.54) is 0 Å². The Bertz CT molecular complexity index is 591. The molecule has 0 aliphatic heterocycles. The van der Waals surface area contributed by atoms with Crippen molar-refractivity contribution in [3.63, 3.8) is 0 Å². The maximum atomic E-state index is 11.4. The average Bonchev–Trinajstić information content (AvgIpc) is 2.39. The van der Waals surface area contributed by atoms with Gasteiger partial charge in [0, 0.05) is 11.6 Å². The summed E-state index contributed by atoms with van der Waals surface area (Å²) in [4.78, 5) is 22.1. The Morgan fingerprint density at radius 3 is 2.61 bits per heavy atom. The number of nitrogens with one attached hydrogen (secondary N) is 1. The third-order valence-electron chi connectivity index (χ3n) is 2.71. The number of aliphatic carboxylic acids is 1. The van der Waals surface area contributed by atoms with Gasteiger partial charge in [-0.25, -0.2) is 4.79 Å². The molecule has 0 aliphatic carbocycles. The second-order valence-corrected chi connectivity index (χ2v) is 6.45. The van der Waals surface area contributed by atoms with Gasteiger partial charge >= 0.3 is 12.1 Å². The quantitative estimate of drug-likeness (QED) is 0.771. The highest BCUT2D eigenvalue weighted by atomic mass is 35.5. The lowest BCUT2D eigenvalue weighted by Crippen LogP contribution is -2.32. The number of benzene rings is 1. The molecule has 23 heavy (non-hydrogen) atoms. The summed E-state index contributed by atoms with van der Waals surface area (Å²) in [7, 11) is 0. The van der Waals surface area contributed by atoms with Gasteiger partial charge in [-0.2, -0.15) is 0 Å². The van der Waals surface area contributed by atoms with Crippen molar-refractivity contribution in [2.75, 3.05) is 6.54 Å². The molecule has 0 bridgehead atoms. The highest BCUT2D eigenvalue weighted by Gasteiger charge is 2.15. The number of carboxylic acid groups (broad SMARTS) is 1. The minimum absolute atomic E-state index is 0.0946. The summed E-state index contributed by atoms with van der Waals surface area (Å²) in [5.41, 5.74) is 0.957. The Morgan fingerprint density at radius 1 is 1.35 bits per heavy atom. The van der Waals surface area contributed by atoms with Crippen molar-refractivity contribution in [3.8, 4) is 0 Å². The molecule has 0 saturated heterocycles. The molecule has 0 atom stereocenters. The molecule has 0 aliphatic rings. The van der Waals surface area contributed by atoms with Crippen molar-refractivity contribution < 1.29 is 19.4 Å². The van der Waals surface area contributed by atoms with Gasteiger partial charge in [-0.1, -0.05) is 35.9 Å². The normalized spacial score (nSPS) is 11.5. The van der Waals surface area contributed by atoms with Gasteiger partial charge in [-0.05, 0) is 44.4 Å². The fraction of sp³-hybridized carbons (Fsp3) is 0.412. The van der Waals surface area contributed by atoms with Crippen LogP contribution < -0.4 is 5.32 Å². The van der Waals surface area contributed by atoms with Crippen LogP contribution in [0.5, 0.6) is 0 Å². The van der Waals surface area contributed by atoms with Crippen LogP contribution in [0.1, 0.15) is 38.3 Å². The van der Waals surface area contributed by atoms with Gasteiger partial charge in [-0.3, -0.25) is 4.79 Å². The van der Waals surface area contributed by atoms with Crippen molar-refractivity contribution in [3.05, 3.63) is 40.4 Å². The molecule has 1 aromatic carbocycles. The summed E-state index contributed by atoms with van der Waals surface area (Å²) in [5, 5.41) is 11.9. The summed E-state index contributed by atoms with van der Waals surface area (Å²) >= 11 is 6.05. The Kier molecular flexibility index (Phi) is 7.10. The number of halogens is 1. The minimum Gasteiger partial charge on any atom is -0.481 e. The number of carbonyl (C=O) groups is 2. The minimum atomic E-state index is -0.914. The molecule has 0 aromatic heterocycles. The molecular formula is C17H22ClNO4. The Balaban J connectivity index is 2.42. The van der Waals surface area contributed by atoms with Crippen molar-refractivity contribution in [2.24, 2.45) is 0 Å². The molecule has 2 N–H and O–H groups in total. The molecule has 0 unspecified atom stereocenters. The summed E-state index contributed by atoms with van der Waals surface area (Å²) in [5.74, 6) is -0.914. The standard InChI is InChI=1S/C17H22ClNO4/c1-17(2,3)23-16(22)19-9-5-4-6-12-7-8-13(11-15(20)21)14(18)10-12/h4,6-8,10H,5,9,11H2,1-3H3,(H,19,22)(H,20,21). The third-order valence-corrected chi connectivity index (χ3v) is 3.06. The van der Waals surface area contributed by atoms with Crippen LogP contribution in [0.4, 0.5) is 4.79 Å². The maximum absolute atomic E-state index is 11.4. The van der Waals surface area contributed by atoms with E-state index in [2.05, 4.69) is 5.32 Å². The smallest absolute Gasteiger partial charge is 0.407 e. The van der Waals surface area contributed by atoms with E-state index in [1.807, 2.05) is 39.0 Å². The van der Waals surface area contributed by atoms with E-state index >= 15 is 0 Å². The second-order valence-electron chi connectivity index (χ2n) is 6.04. The zero-order valence-corrected chi connectivity index (χ0v) is 14.3. The van der Waals surface area contributed by atoms with E-state index in [4.69, 9.17) is 21.4 Å². The van der Waals surface area contributed by atoms with Crippen LogP contribution in [0.2, 0.25) is 5.02 Å². The van der Waals surface area contributed by atoms with Crippen LogP contribution in [-0.2, 0) is 16.0 Å². The maximum Gasteiger partial charge on any atom is 0.407 e. The summed E-state index contributed by atoms with van der Waals surface area (Å²) in [6.45, 7) is 5.90. The number of hydrogen-bond acceptors (Lipinski definition) is 3. The topological polar surface area (TPSA) is 75.6 Å². The van der Waals surface area contributed by atoms with Gasteiger partial charge in [0.25, 0.3) is 0 Å². The first-order valence-corrected chi connectivity index (χ1v) is 7.69. The molecule has 0 spiro atoms. The lowest BCUT2D eigenvalue weighted by molar-refractivity contribution is -0.136. The van der Waals surface area contributed by atoms with Crippen LogP contribution in [0.15, 0.2) is 24.3 Å². The van der Waals surface area contributed by atoms with Gasteiger partial charge in [0.05, 0.1) is 6.42 Å². The highest BCUT2D eigenvalue weighted by Crippen LogP contribution is 2.19. The SMILES string of the molecule is CC(C)(C)OC(=O)NCCC=Cc1ccc(CC(=O)O)c(Cl)c1. The molecule has 0 radical (unpaired) electrons. The van der Waals surface area contributed by atoms with E-state index in [1.54, 1.807) is 12.1 Å². The predicted octanol–water partition coefficient (Wildman–Crippen LogP) is 3.90. The number of alkyl carbamates (subject to hydrolysis) is 1. The van der Waals surface area contributed by atoms with Crippen molar-refractivity contribution >= 4 is 29.7 Å². The van der Waals surface area contributed by atoms with Crippen molar-refractivity contribution in [1.82, 2.24) is 5.32 Å². The highest BCUT2D eigenvalue weighted by molar-refractivity contribution is 6.31. The monoisotopic (exact) mass is 339 g/mol. The van der Waals surface area contributed by atoms with Crippen LogP contribution in [-0.4, -0.2) is 29.3 Å². The molecule has 126 valence electrons. The molecule has 1 aromatic rings. The Hall–Kier alpha value is -2.01. The number of hydrogen-bond donors (Lipinski definition) is 2. The van der Waals surface area contributed by atoms with Crippen molar-refractivity contribution in [2.45, 2.75) is 39.2 Å². The molecular weight excluding hydrogens is 318 g/mol. The average molecular weight is 340 g/mol. The third kappa shape index (κ3) is 8.26. The van der Waals surface area contributed by atoms with Crippen molar-refractivity contribution in [1.29, 1.82) is 0 Å². The molecule has 0 heterocycles. The van der Waals surface area contributed by atoms with E-state index in [0.29, 0.717) is 23.6 Å². The van der Waals surface area contributed by atoms with Gasteiger partial charge in [0.1, 0.15) is 5.60 Å². The summed E-state index contributed by atoms with van der Waals surface area (Å²) < 4.78 is 5.12. The lowest BCUT2D eigenvalue weighted by atomic mass is 10.1. The Morgan fingerprint density at radius 2 is 2.04 bits per heavy atom. The van der Waals surface area contributed by atoms with Crippen LogP contribution in [0, 0.1) is 0 Å². The van der Waals surface area contributed by atoms with E-state index < -0.39 is 17.7 Å². The van der Waals surface area contributed by atoms with Gasteiger partial charge < -0.3 is 15.2 Å². The number of rotatable bonds is 6. The first-order chi connectivity index (χ1) is 10.7. The number of carbonyl (C=O) groups excluding carboxylic acids is 1. The first kappa shape index (κ1) is 19.0. The van der Waals surface area contributed by atoms with Crippen LogP contribution >= 0.6 is 11.6 Å². The molecule has 5 nitrogen and oxygen atoms in total. The van der Waals surface area contributed by atoms with Gasteiger partial charge in [-0.15, -0.1) is 0 Å². The first-order valence-electron chi connectivity index (χ1n) is 7.31. The summed E-state index contributed by atoms with van der Waals surface area (Å²) in [6, 6.07) is 5.23. The molecule has 1 rings (SSSR count). The number of amides is 1. The van der Waals surface area contributed by atoms with Crippen LogP contribution in [0.25, 0.3) is 6.08 Å². The fourth-order valence-corrected chi connectivity index (χ4v) is 2.02. The number of carboxylic acids is 1. The summed E-state index contributed by atoms with van der Waals surface area (Å²) in [6.07, 6.45) is 3.88. The molecule has 6 heteroatoms. The molecule has 1 amide bonds. The van der Waals surface area contributed by atoms with E-state index in [0.717, 1.165) is 5.56 Å². The molecule has 0 saturated carbocycles. The molecule has 0 fully saturated rings. The van der Waals surface area contributed by atoms with Crippen LogP contribution in [0.3, 0.4) is 0 Å². The zero-order valence-electron chi connectivity index (χ0n) is 13.6. The van der Waals surface area contributed by atoms with E-state index in [-0.39, 0.29) is 6.42 Å². The number of ether oxygens (including phenoxy) is 1.